The van der Waals surface area contributed by atoms with Crippen LogP contribution in [0.4, 0.5) is 10.1 Å². The third-order valence-electron chi connectivity index (χ3n) is 10.0. The smallest absolute Gasteiger partial charge is 0.302 e. The molecule has 14 nitrogen and oxygen atoms in total. The van der Waals surface area contributed by atoms with Gasteiger partial charge in [-0.05, 0) is 79.1 Å². The number of methoxy groups -OCH3 is 1. The van der Waals surface area contributed by atoms with Crippen molar-refractivity contribution < 1.29 is 23.5 Å². The molecule has 2 aromatic carbocycles. The van der Waals surface area contributed by atoms with Crippen molar-refractivity contribution in [3.63, 3.8) is 0 Å². The molecule has 5 heterocycles. The number of thioether (sulfide) groups is 1. The Hall–Kier alpha value is -5.35. The highest BCUT2D eigenvalue weighted by Gasteiger charge is 2.52. The molecule has 53 heavy (non-hydrogen) atoms. The van der Waals surface area contributed by atoms with Crippen LogP contribution in [0.5, 0.6) is 11.6 Å². The Morgan fingerprint density at radius 2 is 2.04 bits per heavy atom. The van der Waals surface area contributed by atoms with Crippen LogP contribution in [0.1, 0.15) is 31.2 Å². The number of halogens is 1. The average Bonchev–Trinajstić information content (AvgIpc) is 3.50. The Labute approximate surface area is 309 Å². The maximum atomic E-state index is 15.0. The number of aromatic amines is 1. The van der Waals surface area contributed by atoms with Gasteiger partial charge in [0.05, 0.1) is 48.0 Å². The van der Waals surface area contributed by atoms with Gasteiger partial charge in [-0.15, -0.1) is 5.43 Å². The van der Waals surface area contributed by atoms with Crippen molar-refractivity contribution in [2.75, 3.05) is 51.5 Å². The van der Waals surface area contributed by atoms with E-state index < -0.39 is 4.87 Å². The number of pyridine rings is 1. The number of benzene rings is 2. The van der Waals surface area contributed by atoms with E-state index in [0.717, 1.165) is 39.8 Å². The molecule has 1 saturated carbocycles. The van der Waals surface area contributed by atoms with Crippen molar-refractivity contribution >= 4 is 39.8 Å². The topological polar surface area (TPSA) is 146 Å². The van der Waals surface area contributed by atoms with E-state index in [1.54, 1.807) is 20.2 Å². The number of likely N-dealkylation sites (tertiary alicyclic amines) is 1. The van der Waals surface area contributed by atoms with Crippen LogP contribution < -0.4 is 14.9 Å². The highest BCUT2D eigenvalue weighted by Crippen LogP contribution is 2.37. The molecule has 2 fully saturated rings. The number of fused-ring (bicyclic) bond motifs is 1. The summed E-state index contributed by atoms with van der Waals surface area (Å²) in [6.45, 7) is 2.21. The number of nitroso groups, excluding NO2 is 1. The van der Waals surface area contributed by atoms with Crippen molar-refractivity contribution in [3.8, 4) is 34.4 Å². The predicted octanol–water partition coefficient (Wildman–Crippen LogP) is 5.30. The van der Waals surface area contributed by atoms with Gasteiger partial charge in [0.25, 0.3) is 5.88 Å². The van der Waals surface area contributed by atoms with E-state index in [1.807, 2.05) is 58.5 Å². The van der Waals surface area contributed by atoms with E-state index in [9.17, 15) is 14.1 Å². The first-order valence-electron chi connectivity index (χ1n) is 17.6. The van der Waals surface area contributed by atoms with E-state index in [2.05, 4.69) is 30.7 Å². The summed E-state index contributed by atoms with van der Waals surface area (Å²) in [6.07, 6.45) is 8.92. The van der Waals surface area contributed by atoms with Crippen LogP contribution in [0.3, 0.4) is 0 Å². The lowest BCUT2D eigenvalue weighted by Crippen LogP contribution is -2.46. The van der Waals surface area contributed by atoms with E-state index in [-0.39, 0.29) is 24.4 Å². The Morgan fingerprint density at radius 3 is 2.75 bits per heavy atom. The number of anilines is 1. The summed E-state index contributed by atoms with van der Waals surface area (Å²) in [6, 6.07) is 14.4. The molecule has 274 valence electrons. The van der Waals surface area contributed by atoms with Gasteiger partial charge in [-0.25, -0.2) is 14.4 Å². The number of aromatic nitrogens is 6. The third kappa shape index (κ3) is 7.08. The number of carbonyl (C=O) groups excluding carboxylic acids is 1. The van der Waals surface area contributed by atoms with Gasteiger partial charge in [-0.2, -0.15) is 10.2 Å². The first-order valence-corrected chi connectivity index (χ1v) is 18.8. The van der Waals surface area contributed by atoms with Gasteiger partial charge in [0.1, 0.15) is 28.4 Å². The molecule has 8 rings (SSSR count). The van der Waals surface area contributed by atoms with Gasteiger partial charge in [0.2, 0.25) is 5.91 Å². The van der Waals surface area contributed by atoms with Crippen LogP contribution in [-0.4, -0.2) is 108 Å². The van der Waals surface area contributed by atoms with Crippen LogP contribution >= 0.6 is 11.8 Å². The maximum absolute atomic E-state index is 15.0. The molecule has 3 aliphatic rings. The van der Waals surface area contributed by atoms with Gasteiger partial charge >= 0.3 is 4.87 Å². The summed E-state index contributed by atoms with van der Waals surface area (Å²) in [7, 11) is 3.31. The van der Waals surface area contributed by atoms with Crippen LogP contribution in [0, 0.1) is 10.7 Å². The second-order valence-electron chi connectivity index (χ2n) is 13.6. The van der Waals surface area contributed by atoms with Gasteiger partial charge in [-0.1, -0.05) is 23.9 Å². The molecule has 1 atom stereocenters. The summed E-state index contributed by atoms with van der Waals surface area (Å²) >= 11 is 1.47. The lowest BCUT2D eigenvalue weighted by atomic mass is 9.98. The largest absolute Gasteiger partial charge is 0.485 e. The summed E-state index contributed by atoms with van der Waals surface area (Å²) in [4.78, 5) is 40.0. The van der Waals surface area contributed by atoms with Crippen molar-refractivity contribution in [1.29, 1.82) is 0 Å². The molecule has 16 heteroatoms. The quantitative estimate of drug-likeness (QED) is 0.0977. The number of nitrogens with zero attached hydrogens (tertiary/aromatic N) is 8. The van der Waals surface area contributed by atoms with Gasteiger partial charge in [0.15, 0.2) is 11.6 Å². The molecule has 1 aliphatic carbocycles. The first kappa shape index (κ1) is 34.7. The highest BCUT2D eigenvalue weighted by atomic mass is 32.2. The normalized spacial score (nSPS) is 19.0. The number of ether oxygens (including phenoxy) is 2. The van der Waals surface area contributed by atoms with Crippen LogP contribution in [-0.2, 0) is 11.8 Å². The fourth-order valence-electron chi connectivity index (χ4n) is 6.86. The zero-order valence-electron chi connectivity index (χ0n) is 29.7. The minimum absolute atomic E-state index is 0.000629. The highest BCUT2D eigenvalue weighted by molar-refractivity contribution is 7.99. The Kier molecular flexibility index (Phi) is 9.32. The molecule has 0 spiro atoms. The number of aryl methyl sites for hydroxylation is 1. The minimum atomic E-state index is -0.795. The maximum Gasteiger partial charge on any atom is 0.302 e. The molecule has 0 unspecified atom stereocenters. The second-order valence-corrected chi connectivity index (χ2v) is 14.8. The number of nitrogens with one attached hydrogen (secondary N) is 2. The number of hydrazine groups is 1. The lowest BCUT2D eigenvalue weighted by molar-refractivity contribution is -0.568. The minimum Gasteiger partial charge on any atom is -0.485 e. The van der Waals surface area contributed by atoms with Crippen LogP contribution in [0.2, 0.25) is 0 Å². The number of H-pyrrole nitrogens is 1. The van der Waals surface area contributed by atoms with Gasteiger partial charge in [0, 0.05) is 38.5 Å². The fourth-order valence-corrected chi connectivity index (χ4v) is 7.68. The zero-order chi connectivity index (χ0) is 36.7. The van der Waals surface area contributed by atoms with Gasteiger partial charge in [-0.3, -0.25) is 19.5 Å². The summed E-state index contributed by atoms with van der Waals surface area (Å²) in [5.74, 6) is 0.967. The average molecular weight is 740 g/mol. The van der Waals surface area contributed by atoms with Crippen molar-refractivity contribution in [2.24, 2.45) is 7.05 Å². The SMILES string of the molecule is COc1nc(-c2n[nH]c3ccc(N[N+](=O)[C@]4(SC)CCN(CC(=O)N5CC=C(c6ccc(-c7ncn(C)n7)c(F)c6)CC5)C4)cc23)ccc1OC1CC1. The number of carbonyl (C=O) groups is 1. The summed E-state index contributed by atoms with van der Waals surface area (Å²) in [5, 5.41) is 12.6. The summed E-state index contributed by atoms with van der Waals surface area (Å²) < 4.78 is 27.9. The number of hydrogen-bond donors (Lipinski definition) is 2. The third-order valence-corrected chi connectivity index (χ3v) is 11.3. The van der Waals surface area contributed by atoms with E-state index >= 15 is 0 Å². The molecule has 2 aliphatic heterocycles. The Balaban J connectivity index is 0.892. The standard InChI is InChI=1S/C37H40FN10O4S/c1-45-22-39-35(44-45)27-8-4-24(18-29(27)38)23-12-15-47(16-13-23)33(49)20-46-17-14-37(21-46,53-3)48(50)43-25-5-9-30-28(19-25)34(42-41-30)31-10-11-32(36(40-31)51-2)52-26-6-7-26/h4-5,8-12,18-19,22,26H,6-7,13-17,20-21H2,1-3H3,(H,41,42)(H,43,50)/q+1/t37-/m0/s1. The van der Waals surface area contributed by atoms with Crippen LogP contribution in [0.25, 0.3) is 39.3 Å². The van der Waals surface area contributed by atoms with E-state index in [4.69, 9.17) is 9.47 Å². The fraction of sp³-hybridized carbons (Fsp3) is 0.378. The molecular weight excluding hydrogens is 700 g/mol. The molecule has 1 saturated heterocycles. The summed E-state index contributed by atoms with van der Waals surface area (Å²) in [5.41, 5.74) is 7.85. The van der Waals surface area contributed by atoms with Gasteiger partial charge < -0.3 is 14.4 Å². The number of rotatable bonds is 12. The molecule has 0 bridgehead atoms. The van der Waals surface area contributed by atoms with Crippen molar-refractivity contribution in [1.82, 2.24) is 39.7 Å². The van der Waals surface area contributed by atoms with Crippen LogP contribution in [0.15, 0.2) is 60.9 Å². The predicted molar refractivity (Wildman–Crippen MR) is 200 cm³/mol. The van der Waals surface area contributed by atoms with Crippen molar-refractivity contribution in [3.05, 3.63) is 77.2 Å². The van der Waals surface area contributed by atoms with E-state index in [0.29, 0.717) is 79.1 Å². The molecule has 3 aromatic heterocycles. The molecular formula is C37H40FN10O4S+. The lowest BCUT2D eigenvalue weighted by Gasteiger charge is -2.28. The second kappa shape index (κ2) is 14.2. The van der Waals surface area contributed by atoms with E-state index in [1.165, 1.54) is 28.8 Å². The van der Waals surface area contributed by atoms with Crippen molar-refractivity contribution in [2.45, 2.75) is 36.7 Å². The zero-order valence-corrected chi connectivity index (χ0v) is 30.5. The Bertz CT molecular complexity index is 2240. The molecule has 2 N–H and O–H groups in total. The number of amides is 1. The number of hydrogen-bond acceptors (Lipinski definition) is 10. The molecule has 5 aromatic rings. The monoisotopic (exact) mass is 739 g/mol. The Morgan fingerprint density at radius 1 is 1.17 bits per heavy atom. The first-order chi connectivity index (χ1) is 25.7. The molecule has 0 radical (unpaired) electrons. The molecule has 1 amide bonds.